The fourth-order valence-corrected chi connectivity index (χ4v) is 2.21. The van der Waals surface area contributed by atoms with Gasteiger partial charge in [-0.15, -0.1) is 0 Å². The van der Waals surface area contributed by atoms with Crippen LogP contribution in [0.15, 0.2) is 54.6 Å². The van der Waals surface area contributed by atoms with Crippen LogP contribution >= 0.6 is 0 Å². The van der Waals surface area contributed by atoms with Crippen LogP contribution in [0.5, 0.6) is 5.75 Å². The lowest BCUT2D eigenvalue weighted by molar-refractivity contribution is -0.0280. The second-order valence-corrected chi connectivity index (χ2v) is 5.76. The van der Waals surface area contributed by atoms with E-state index in [1.165, 1.54) is 5.39 Å². The highest BCUT2D eigenvalue weighted by Gasteiger charge is 2.09. The van der Waals surface area contributed by atoms with Crippen molar-refractivity contribution in [3.63, 3.8) is 0 Å². The molecule has 0 saturated heterocycles. The first-order valence-electron chi connectivity index (χ1n) is 8.13. The Morgan fingerprint density at radius 1 is 1.00 bits per heavy atom. The monoisotopic (exact) mass is 330 g/mol. The quantitative estimate of drug-likeness (QED) is 0.463. The van der Waals surface area contributed by atoms with Crippen LogP contribution in [0.25, 0.3) is 10.8 Å². The number of hydrogen-bond acceptors (Lipinski definition) is 4. The molecule has 0 aliphatic carbocycles. The van der Waals surface area contributed by atoms with E-state index >= 15 is 0 Å². The summed E-state index contributed by atoms with van der Waals surface area (Å²) in [5, 5.41) is 2.36. The summed E-state index contributed by atoms with van der Waals surface area (Å²) in [7, 11) is 1.66. The van der Waals surface area contributed by atoms with E-state index in [9.17, 15) is 0 Å². The predicted molar refractivity (Wildman–Crippen MR) is 96.7 cm³/mol. The summed E-state index contributed by atoms with van der Waals surface area (Å²) in [6.07, 6.45) is -0.113. The number of ether oxygens (including phenoxy) is 4. The number of methoxy groups -OCH3 is 1. The number of benzene rings is 2. The Morgan fingerprint density at radius 3 is 2.50 bits per heavy atom. The van der Waals surface area contributed by atoms with Crippen LogP contribution in [0.4, 0.5) is 0 Å². The van der Waals surface area contributed by atoms with Gasteiger partial charge in [0.2, 0.25) is 0 Å². The summed E-state index contributed by atoms with van der Waals surface area (Å²) < 4.78 is 22.2. The van der Waals surface area contributed by atoms with Crippen molar-refractivity contribution >= 4 is 10.8 Å². The minimum Gasteiger partial charge on any atom is -0.491 e. The first kappa shape index (κ1) is 18.5. The minimum absolute atomic E-state index is 0.113. The lowest BCUT2D eigenvalue weighted by Gasteiger charge is -2.17. The molecule has 0 aliphatic heterocycles. The van der Waals surface area contributed by atoms with E-state index in [4.69, 9.17) is 18.9 Å². The third-order valence-corrected chi connectivity index (χ3v) is 3.51. The van der Waals surface area contributed by atoms with Crippen molar-refractivity contribution < 1.29 is 18.9 Å². The Kier molecular flexibility index (Phi) is 7.75. The van der Waals surface area contributed by atoms with E-state index in [1.54, 1.807) is 7.11 Å². The van der Waals surface area contributed by atoms with Crippen molar-refractivity contribution in [3.05, 3.63) is 54.6 Å². The van der Waals surface area contributed by atoms with Gasteiger partial charge in [0, 0.05) is 7.11 Å². The van der Waals surface area contributed by atoms with Gasteiger partial charge in [-0.2, -0.15) is 0 Å². The normalized spacial score (nSPS) is 12.2. The smallest absolute Gasteiger partial charge is 0.120 e. The molecule has 24 heavy (non-hydrogen) atoms. The molecule has 4 nitrogen and oxygen atoms in total. The van der Waals surface area contributed by atoms with E-state index in [2.05, 4.69) is 24.8 Å². The van der Waals surface area contributed by atoms with Crippen LogP contribution in [0.2, 0.25) is 0 Å². The van der Waals surface area contributed by atoms with Crippen LogP contribution < -0.4 is 4.74 Å². The van der Waals surface area contributed by atoms with Crippen molar-refractivity contribution in [2.75, 3.05) is 40.1 Å². The Morgan fingerprint density at radius 2 is 1.75 bits per heavy atom. The Bertz CT molecular complexity index is 638. The second kappa shape index (κ2) is 10.1. The Hall–Kier alpha value is -1.88. The van der Waals surface area contributed by atoms with Crippen molar-refractivity contribution in [1.82, 2.24) is 0 Å². The molecule has 0 aromatic heterocycles. The molecule has 0 aliphatic rings. The summed E-state index contributed by atoms with van der Waals surface area (Å²) in [6, 6.07) is 14.3. The van der Waals surface area contributed by atoms with E-state index in [-0.39, 0.29) is 6.10 Å². The van der Waals surface area contributed by atoms with Crippen LogP contribution in [0.3, 0.4) is 0 Å². The summed E-state index contributed by atoms with van der Waals surface area (Å²) in [6.45, 7) is 8.29. The van der Waals surface area contributed by atoms with Gasteiger partial charge in [0.1, 0.15) is 18.5 Å². The topological polar surface area (TPSA) is 36.9 Å². The van der Waals surface area contributed by atoms with Crippen LogP contribution in [-0.4, -0.2) is 46.2 Å². The average Bonchev–Trinajstić information content (AvgIpc) is 2.60. The largest absolute Gasteiger partial charge is 0.491 e. The predicted octanol–water partition coefficient (Wildman–Crippen LogP) is 3.84. The molecule has 0 heterocycles. The first-order valence-corrected chi connectivity index (χ1v) is 8.13. The maximum atomic E-state index is 5.83. The van der Waals surface area contributed by atoms with Crippen LogP contribution in [0, 0.1) is 0 Å². The molecule has 0 saturated carbocycles. The maximum Gasteiger partial charge on any atom is 0.120 e. The number of rotatable bonds is 11. The van der Waals surface area contributed by atoms with Crippen molar-refractivity contribution in [2.45, 2.75) is 13.0 Å². The zero-order valence-electron chi connectivity index (χ0n) is 14.5. The maximum absolute atomic E-state index is 5.83. The van der Waals surface area contributed by atoms with Gasteiger partial charge in [0.15, 0.2) is 0 Å². The second-order valence-electron chi connectivity index (χ2n) is 5.76. The van der Waals surface area contributed by atoms with Gasteiger partial charge < -0.3 is 18.9 Å². The molecule has 2 aromatic rings. The molecule has 2 rings (SSSR count). The number of fused-ring (bicyclic) bond motifs is 1. The molecule has 0 spiro atoms. The molecule has 1 atom stereocenters. The summed E-state index contributed by atoms with van der Waals surface area (Å²) >= 11 is 0. The molecule has 0 fully saturated rings. The summed E-state index contributed by atoms with van der Waals surface area (Å²) in [5.41, 5.74) is 1.01. The lowest BCUT2D eigenvalue weighted by Crippen LogP contribution is -2.26. The van der Waals surface area contributed by atoms with Crippen LogP contribution in [-0.2, 0) is 14.2 Å². The van der Waals surface area contributed by atoms with Gasteiger partial charge in [0.25, 0.3) is 0 Å². The van der Waals surface area contributed by atoms with Gasteiger partial charge in [-0.05, 0) is 29.8 Å². The lowest BCUT2D eigenvalue weighted by atomic mass is 10.1. The molecule has 1 unspecified atom stereocenters. The van der Waals surface area contributed by atoms with E-state index in [0.29, 0.717) is 33.0 Å². The molecule has 0 radical (unpaired) electrons. The van der Waals surface area contributed by atoms with Crippen molar-refractivity contribution in [1.29, 1.82) is 0 Å². The minimum atomic E-state index is -0.113. The fraction of sp³-hybridized carbons (Fsp3) is 0.400. The molecular weight excluding hydrogens is 304 g/mol. The zero-order chi connectivity index (χ0) is 17.2. The highest BCUT2D eigenvalue weighted by molar-refractivity contribution is 5.83. The molecule has 0 N–H and O–H groups in total. The van der Waals surface area contributed by atoms with Gasteiger partial charge in [0.05, 0.1) is 26.4 Å². The fourth-order valence-electron chi connectivity index (χ4n) is 2.21. The van der Waals surface area contributed by atoms with Gasteiger partial charge in [-0.1, -0.05) is 42.5 Å². The van der Waals surface area contributed by atoms with Gasteiger partial charge >= 0.3 is 0 Å². The van der Waals surface area contributed by atoms with E-state index in [0.717, 1.165) is 16.7 Å². The Balaban J connectivity index is 1.71. The first-order chi connectivity index (χ1) is 11.7. The van der Waals surface area contributed by atoms with Crippen molar-refractivity contribution in [2.24, 2.45) is 0 Å². The van der Waals surface area contributed by atoms with E-state index < -0.39 is 0 Å². The molecule has 130 valence electrons. The standard InChI is InChI=1S/C20H26O4/c1-16(2)13-22-10-11-23-14-20(21-3)15-24-19-9-8-17-6-4-5-7-18(17)12-19/h4-9,12,20H,1,10-11,13-15H2,2-3H3. The van der Waals surface area contributed by atoms with Gasteiger partial charge in [-0.25, -0.2) is 0 Å². The highest BCUT2D eigenvalue weighted by Crippen LogP contribution is 2.20. The zero-order valence-corrected chi connectivity index (χ0v) is 14.5. The SMILES string of the molecule is C=C(C)COCCOCC(COc1ccc2ccccc2c1)OC. The summed E-state index contributed by atoms with van der Waals surface area (Å²) in [4.78, 5) is 0. The van der Waals surface area contributed by atoms with Crippen molar-refractivity contribution in [3.8, 4) is 5.75 Å². The third-order valence-electron chi connectivity index (χ3n) is 3.51. The third kappa shape index (κ3) is 6.32. The molecule has 0 bridgehead atoms. The number of hydrogen-bond donors (Lipinski definition) is 0. The molecule has 2 aromatic carbocycles. The highest BCUT2D eigenvalue weighted by atomic mass is 16.6. The van der Waals surface area contributed by atoms with Gasteiger partial charge in [-0.3, -0.25) is 0 Å². The molecular formula is C20H26O4. The molecule has 0 amide bonds. The average molecular weight is 330 g/mol. The van der Waals surface area contributed by atoms with E-state index in [1.807, 2.05) is 31.2 Å². The molecule has 4 heteroatoms. The summed E-state index contributed by atoms with van der Waals surface area (Å²) in [5.74, 6) is 0.834. The Labute approximate surface area is 144 Å². The van der Waals surface area contributed by atoms with Crippen LogP contribution in [0.1, 0.15) is 6.92 Å².